The van der Waals surface area contributed by atoms with Gasteiger partial charge in [0.15, 0.2) is 5.76 Å². The molecule has 1 aromatic carbocycles. The zero-order chi connectivity index (χ0) is 15.1. The number of quaternary nitrogens is 1. The monoisotopic (exact) mass is 289 g/mol. The number of para-hydroxylation sites is 1. The fourth-order valence-corrected chi connectivity index (χ4v) is 2.27. The van der Waals surface area contributed by atoms with Crippen molar-refractivity contribution in [1.29, 1.82) is 0 Å². The predicted molar refractivity (Wildman–Crippen MR) is 74.6 cm³/mol. The second kappa shape index (κ2) is 7.50. The molecule has 1 aromatic heterocycles. The second-order valence-electron chi connectivity index (χ2n) is 4.77. The van der Waals surface area contributed by atoms with E-state index in [1.54, 1.807) is 12.3 Å². The molecule has 2 aromatic rings. The minimum Gasteiger partial charge on any atom is -0.544 e. The third-order valence-electron chi connectivity index (χ3n) is 3.11. The van der Waals surface area contributed by atoms with Crippen LogP contribution in [0.1, 0.15) is 18.2 Å². The summed E-state index contributed by atoms with van der Waals surface area (Å²) in [5.41, 5.74) is 0.974. The van der Waals surface area contributed by atoms with Gasteiger partial charge in [-0.2, -0.15) is 0 Å². The fraction of sp³-hybridized carbons (Fsp3) is 0.312. The van der Waals surface area contributed by atoms with E-state index in [1.165, 1.54) is 0 Å². The van der Waals surface area contributed by atoms with Gasteiger partial charge in [-0.15, -0.1) is 0 Å². The minimum absolute atomic E-state index is 0.0822. The van der Waals surface area contributed by atoms with E-state index in [9.17, 15) is 9.90 Å². The van der Waals surface area contributed by atoms with Gasteiger partial charge in [0.05, 0.1) is 18.8 Å². The van der Waals surface area contributed by atoms with Crippen LogP contribution in [0.2, 0.25) is 0 Å². The Morgan fingerprint density at radius 3 is 2.71 bits per heavy atom. The van der Waals surface area contributed by atoms with Gasteiger partial charge < -0.3 is 24.0 Å². The molecule has 2 rings (SSSR count). The first-order valence-electron chi connectivity index (χ1n) is 6.95. The standard InChI is InChI=1S/C16H19NO4/c1-2-20-15-8-4-3-6-13(15)10-17(12-16(18)19)11-14-7-5-9-21-14/h3-9H,2,10-12H2,1H3,(H,18,19). The summed E-state index contributed by atoms with van der Waals surface area (Å²) in [6.07, 6.45) is 1.58. The Kier molecular flexibility index (Phi) is 5.40. The van der Waals surface area contributed by atoms with Crippen LogP contribution in [-0.4, -0.2) is 19.1 Å². The van der Waals surface area contributed by atoms with Gasteiger partial charge in [-0.1, -0.05) is 12.1 Å². The van der Waals surface area contributed by atoms with Crippen LogP contribution in [-0.2, 0) is 17.9 Å². The number of rotatable bonds is 8. The number of ether oxygens (including phenoxy) is 1. The molecule has 0 aliphatic carbocycles. The molecule has 0 bridgehead atoms. The molecule has 0 spiro atoms. The quantitative estimate of drug-likeness (QED) is 0.743. The highest BCUT2D eigenvalue weighted by molar-refractivity contribution is 5.65. The molecule has 0 radical (unpaired) electrons. The molecule has 0 saturated carbocycles. The number of benzene rings is 1. The Hall–Kier alpha value is -2.27. The van der Waals surface area contributed by atoms with Crippen molar-refractivity contribution in [3.63, 3.8) is 0 Å². The van der Waals surface area contributed by atoms with Gasteiger partial charge >= 0.3 is 0 Å². The number of nitrogens with one attached hydrogen (secondary N) is 1. The van der Waals surface area contributed by atoms with Crippen molar-refractivity contribution in [3.05, 3.63) is 54.0 Å². The lowest BCUT2D eigenvalue weighted by molar-refractivity contribution is -0.922. The van der Waals surface area contributed by atoms with Gasteiger partial charge in [0, 0.05) is 5.56 Å². The molecule has 112 valence electrons. The molecular formula is C16H19NO4. The Labute approximate surface area is 123 Å². The summed E-state index contributed by atoms with van der Waals surface area (Å²) >= 11 is 0. The molecule has 0 aliphatic heterocycles. The number of carboxylic acid groups (broad SMARTS) is 1. The molecule has 5 heteroatoms. The van der Waals surface area contributed by atoms with Gasteiger partial charge in [-0.05, 0) is 31.2 Å². The number of hydrogen-bond acceptors (Lipinski definition) is 4. The third-order valence-corrected chi connectivity index (χ3v) is 3.11. The summed E-state index contributed by atoms with van der Waals surface area (Å²) in [6, 6.07) is 11.3. The largest absolute Gasteiger partial charge is 0.544 e. The lowest BCUT2D eigenvalue weighted by Crippen LogP contribution is -3.10. The van der Waals surface area contributed by atoms with E-state index in [0.717, 1.165) is 22.0 Å². The average Bonchev–Trinajstić information content (AvgIpc) is 2.93. The van der Waals surface area contributed by atoms with E-state index >= 15 is 0 Å². The summed E-state index contributed by atoms with van der Waals surface area (Å²) in [7, 11) is 0. The van der Waals surface area contributed by atoms with Crippen LogP contribution >= 0.6 is 0 Å². The van der Waals surface area contributed by atoms with Crippen molar-refractivity contribution in [2.45, 2.75) is 20.0 Å². The first kappa shape index (κ1) is 15.1. The number of carbonyl (C=O) groups excluding carboxylic acids is 1. The van der Waals surface area contributed by atoms with Gasteiger partial charge in [0.1, 0.15) is 25.4 Å². The van der Waals surface area contributed by atoms with E-state index in [2.05, 4.69) is 0 Å². The maximum absolute atomic E-state index is 10.9. The van der Waals surface area contributed by atoms with Crippen LogP contribution in [0.25, 0.3) is 0 Å². The SMILES string of the molecule is CCOc1ccccc1C[NH+](CC(=O)[O-])Cc1ccco1. The molecule has 0 fully saturated rings. The molecule has 1 heterocycles. The Bertz CT molecular complexity index is 565. The van der Waals surface area contributed by atoms with E-state index < -0.39 is 5.97 Å². The number of hydrogen-bond donors (Lipinski definition) is 1. The first-order chi connectivity index (χ1) is 10.2. The van der Waals surface area contributed by atoms with Crippen molar-refractivity contribution in [2.75, 3.05) is 13.2 Å². The lowest BCUT2D eigenvalue weighted by Gasteiger charge is -2.20. The van der Waals surface area contributed by atoms with Gasteiger partial charge in [0.2, 0.25) is 0 Å². The highest BCUT2D eigenvalue weighted by Crippen LogP contribution is 2.16. The fourth-order valence-electron chi connectivity index (χ4n) is 2.27. The Morgan fingerprint density at radius 1 is 1.24 bits per heavy atom. The van der Waals surface area contributed by atoms with Crippen LogP contribution in [0.4, 0.5) is 0 Å². The maximum Gasteiger partial charge on any atom is 0.157 e. The summed E-state index contributed by atoms with van der Waals surface area (Å²) in [5, 5.41) is 10.9. The number of aliphatic carboxylic acids is 1. The zero-order valence-electron chi connectivity index (χ0n) is 12.0. The van der Waals surface area contributed by atoms with E-state index in [1.807, 2.05) is 37.3 Å². The topological polar surface area (TPSA) is 66.9 Å². The van der Waals surface area contributed by atoms with Crippen LogP contribution in [0.15, 0.2) is 47.1 Å². The van der Waals surface area contributed by atoms with Crippen LogP contribution in [0, 0.1) is 0 Å². The molecule has 21 heavy (non-hydrogen) atoms. The minimum atomic E-state index is -1.08. The molecular weight excluding hydrogens is 270 g/mol. The van der Waals surface area contributed by atoms with Gasteiger partial charge in [-0.3, -0.25) is 0 Å². The number of carbonyl (C=O) groups is 1. The van der Waals surface area contributed by atoms with Crippen LogP contribution in [0.3, 0.4) is 0 Å². The smallest absolute Gasteiger partial charge is 0.157 e. The second-order valence-corrected chi connectivity index (χ2v) is 4.77. The van der Waals surface area contributed by atoms with Crippen molar-refractivity contribution in [3.8, 4) is 5.75 Å². The summed E-state index contributed by atoms with van der Waals surface area (Å²) in [4.78, 5) is 11.8. The van der Waals surface area contributed by atoms with Crippen molar-refractivity contribution in [2.24, 2.45) is 0 Å². The lowest BCUT2D eigenvalue weighted by atomic mass is 10.2. The Balaban J connectivity index is 2.12. The van der Waals surface area contributed by atoms with Gasteiger partial charge in [-0.25, -0.2) is 0 Å². The third kappa shape index (κ3) is 4.65. The molecule has 0 amide bonds. The van der Waals surface area contributed by atoms with Crippen molar-refractivity contribution < 1.29 is 24.0 Å². The normalized spacial score (nSPS) is 12.0. The van der Waals surface area contributed by atoms with E-state index in [4.69, 9.17) is 9.15 Å². The maximum atomic E-state index is 10.9. The first-order valence-corrected chi connectivity index (χ1v) is 6.95. The summed E-state index contributed by atoms with van der Waals surface area (Å²) in [5.74, 6) is 0.459. The number of carboxylic acids is 1. The van der Waals surface area contributed by atoms with Gasteiger partial charge in [0.25, 0.3) is 0 Å². The van der Waals surface area contributed by atoms with E-state index in [-0.39, 0.29) is 6.54 Å². The Morgan fingerprint density at radius 2 is 2.05 bits per heavy atom. The van der Waals surface area contributed by atoms with Crippen molar-refractivity contribution in [1.82, 2.24) is 0 Å². The van der Waals surface area contributed by atoms with Crippen molar-refractivity contribution >= 4 is 5.97 Å². The molecule has 1 atom stereocenters. The molecule has 0 aliphatic rings. The highest BCUT2D eigenvalue weighted by atomic mass is 16.5. The van der Waals surface area contributed by atoms with Crippen LogP contribution < -0.4 is 14.7 Å². The molecule has 1 N–H and O–H groups in total. The summed E-state index contributed by atoms with van der Waals surface area (Å²) in [6.45, 7) is 3.43. The van der Waals surface area contributed by atoms with Crippen LogP contribution in [0.5, 0.6) is 5.75 Å². The predicted octanol–water partition coefficient (Wildman–Crippen LogP) is 0.0133. The average molecular weight is 289 g/mol. The zero-order valence-corrected chi connectivity index (χ0v) is 12.0. The highest BCUT2D eigenvalue weighted by Gasteiger charge is 2.15. The molecule has 0 saturated heterocycles. The summed E-state index contributed by atoms with van der Waals surface area (Å²) < 4.78 is 10.9. The molecule has 5 nitrogen and oxygen atoms in total. The van der Waals surface area contributed by atoms with E-state index in [0.29, 0.717) is 19.7 Å². The molecule has 1 unspecified atom stereocenters. The number of furan rings is 1.